The molecular formula is C15H23N3O2. The number of nitrogens with one attached hydrogen (secondary N) is 1. The molecule has 5 heteroatoms. The van der Waals surface area contributed by atoms with Crippen molar-refractivity contribution in [1.29, 1.82) is 0 Å². The van der Waals surface area contributed by atoms with E-state index in [1.54, 1.807) is 4.90 Å². The number of carbonyl (C=O) groups is 1. The molecule has 0 aliphatic heterocycles. The number of hydrogen-bond acceptors (Lipinski definition) is 3. The second kappa shape index (κ2) is 6.72. The maximum atomic E-state index is 12.3. The number of amides is 2. The highest BCUT2D eigenvalue weighted by Crippen LogP contribution is 2.25. The van der Waals surface area contributed by atoms with Gasteiger partial charge in [-0.15, -0.1) is 0 Å². The molecule has 1 atom stereocenters. The van der Waals surface area contributed by atoms with Gasteiger partial charge in [0.25, 0.3) is 0 Å². The third kappa shape index (κ3) is 3.49. The molecule has 1 aromatic carbocycles. The summed E-state index contributed by atoms with van der Waals surface area (Å²) < 4.78 is 0. The summed E-state index contributed by atoms with van der Waals surface area (Å²) >= 11 is 0. The summed E-state index contributed by atoms with van der Waals surface area (Å²) in [4.78, 5) is 14.0. The average molecular weight is 277 g/mol. The van der Waals surface area contributed by atoms with Gasteiger partial charge < -0.3 is 21.1 Å². The van der Waals surface area contributed by atoms with Crippen LogP contribution in [0.1, 0.15) is 37.8 Å². The van der Waals surface area contributed by atoms with Gasteiger partial charge in [-0.1, -0.05) is 12.1 Å². The van der Waals surface area contributed by atoms with Crippen molar-refractivity contribution in [2.24, 2.45) is 5.73 Å². The number of nitrogens with two attached hydrogens (primary N) is 1. The Bertz CT molecular complexity index is 458. The molecule has 0 saturated heterocycles. The van der Waals surface area contributed by atoms with Gasteiger partial charge in [0.05, 0.1) is 6.61 Å². The summed E-state index contributed by atoms with van der Waals surface area (Å²) in [5.41, 5.74) is 7.57. The van der Waals surface area contributed by atoms with Crippen LogP contribution in [-0.2, 0) is 0 Å². The molecule has 1 saturated carbocycles. The summed E-state index contributed by atoms with van der Waals surface area (Å²) in [5, 5.41) is 12.0. The Kier molecular flexibility index (Phi) is 4.98. The molecule has 0 spiro atoms. The third-order valence-corrected chi connectivity index (χ3v) is 3.78. The first-order valence-corrected chi connectivity index (χ1v) is 7.16. The van der Waals surface area contributed by atoms with Crippen molar-refractivity contribution in [3.05, 3.63) is 29.8 Å². The van der Waals surface area contributed by atoms with Gasteiger partial charge in [0.15, 0.2) is 0 Å². The Labute approximate surface area is 119 Å². The first-order chi connectivity index (χ1) is 9.61. The smallest absolute Gasteiger partial charge is 0.322 e. The van der Waals surface area contributed by atoms with Crippen LogP contribution in [0, 0.1) is 0 Å². The lowest BCUT2D eigenvalue weighted by atomic mass is 9.92. The topological polar surface area (TPSA) is 78.6 Å². The number of hydrogen-bond donors (Lipinski definition) is 3. The number of carbonyl (C=O) groups excluding carboxylic acids is 1. The number of rotatable bonds is 5. The minimum atomic E-state index is -0.148. The van der Waals surface area contributed by atoms with Crippen LogP contribution in [0.3, 0.4) is 0 Å². The standard InChI is InChI=1S/C15H23N3O2/c1-11(16)12-4-2-5-13(10-12)17-15(20)18(8-9-19)14-6-3-7-14/h2,4-5,10-11,14,19H,3,6-9,16H2,1H3,(H,17,20). The molecule has 1 aliphatic carbocycles. The van der Waals surface area contributed by atoms with Gasteiger partial charge in [0, 0.05) is 24.3 Å². The first-order valence-electron chi connectivity index (χ1n) is 7.16. The fourth-order valence-electron chi connectivity index (χ4n) is 2.35. The Hall–Kier alpha value is -1.59. The second-order valence-corrected chi connectivity index (χ2v) is 5.35. The van der Waals surface area contributed by atoms with E-state index in [4.69, 9.17) is 10.8 Å². The maximum absolute atomic E-state index is 12.3. The summed E-state index contributed by atoms with van der Waals surface area (Å²) in [6, 6.07) is 7.62. The largest absolute Gasteiger partial charge is 0.395 e. The SMILES string of the molecule is CC(N)c1cccc(NC(=O)N(CCO)C2CCC2)c1. The van der Waals surface area contributed by atoms with Crippen LogP contribution in [0.4, 0.5) is 10.5 Å². The zero-order chi connectivity index (χ0) is 14.5. The van der Waals surface area contributed by atoms with Crippen LogP contribution in [-0.4, -0.2) is 35.2 Å². The Morgan fingerprint density at radius 2 is 2.30 bits per heavy atom. The summed E-state index contributed by atoms with van der Waals surface area (Å²) in [5.74, 6) is 0. The van der Waals surface area contributed by atoms with E-state index >= 15 is 0 Å². The van der Waals surface area contributed by atoms with Crippen LogP contribution in [0.2, 0.25) is 0 Å². The quantitative estimate of drug-likeness (QED) is 0.771. The molecule has 110 valence electrons. The molecular weight excluding hydrogens is 254 g/mol. The molecule has 1 aliphatic rings. The van der Waals surface area contributed by atoms with Crippen molar-refractivity contribution in [2.45, 2.75) is 38.3 Å². The Balaban J connectivity index is 2.03. The van der Waals surface area contributed by atoms with Gasteiger partial charge in [-0.05, 0) is 43.9 Å². The van der Waals surface area contributed by atoms with Crippen molar-refractivity contribution < 1.29 is 9.90 Å². The predicted molar refractivity (Wildman–Crippen MR) is 79.5 cm³/mol. The van der Waals surface area contributed by atoms with Crippen molar-refractivity contribution in [1.82, 2.24) is 4.90 Å². The van der Waals surface area contributed by atoms with Gasteiger partial charge in [0.1, 0.15) is 0 Å². The zero-order valence-corrected chi connectivity index (χ0v) is 11.9. The molecule has 5 nitrogen and oxygen atoms in total. The van der Waals surface area contributed by atoms with E-state index in [1.807, 2.05) is 31.2 Å². The molecule has 20 heavy (non-hydrogen) atoms. The van der Waals surface area contributed by atoms with E-state index in [0.717, 1.165) is 30.5 Å². The summed E-state index contributed by atoms with van der Waals surface area (Å²) in [7, 11) is 0. The lowest BCUT2D eigenvalue weighted by Gasteiger charge is -2.37. The summed E-state index contributed by atoms with van der Waals surface area (Å²) in [6.07, 6.45) is 3.20. The lowest BCUT2D eigenvalue weighted by Crippen LogP contribution is -2.47. The minimum Gasteiger partial charge on any atom is -0.395 e. The van der Waals surface area contributed by atoms with Gasteiger partial charge >= 0.3 is 6.03 Å². The van der Waals surface area contributed by atoms with E-state index in [2.05, 4.69) is 5.32 Å². The lowest BCUT2D eigenvalue weighted by molar-refractivity contribution is 0.127. The van der Waals surface area contributed by atoms with Crippen LogP contribution in [0.25, 0.3) is 0 Å². The number of urea groups is 1. The molecule has 1 unspecified atom stereocenters. The van der Waals surface area contributed by atoms with Gasteiger partial charge in [-0.2, -0.15) is 0 Å². The number of aliphatic hydroxyl groups excluding tert-OH is 1. The summed E-state index contributed by atoms with van der Waals surface area (Å²) in [6.45, 7) is 2.28. The van der Waals surface area contributed by atoms with Crippen LogP contribution < -0.4 is 11.1 Å². The number of nitrogens with zero attached hydrogens (tertiary/aromatic N) is 1. The molecule has 0 aromatic heterocycles. The first kappa shape index (κ1) is 14.8. The Morgan fingerprint density at radius 1 is 1.55 bits per heavy atom. The predicted octanol–water partition coefficient (Wildman–Crippen LogP) is 2.08. The number of aliphatic hydroxyl groups is 1. The minimum absolute atomic E-state index is 0.0101. The fraction of sp³-hybridized carbons (Fsp3) is 0.533. The van der Waals surface area contributed by atoms with Crippen LogP contribution in [0.5, 0.6) is 0 Å². The molecule has 1 fully saturated rings. The molecule has 0 bridgehead atoms. The highest BCUT2D eigenvalue weighted by molar-refractivity contribution is 5.89. The normalized spacial score (nSPS) is 16.4. The van der Waals surface area contributed by atoms with E-state index in [0.29, 0.717) is 6.54 Å². The van der Waals surface area contributed by atoms with Crippen LogP contribution >= 0.6 is 0 Å². The molecule has 2 amide bonds. The van der Waals surface area contributed by atoms with Crippen molar-refractivity contribution in [2.75, 3.05) is 18.5 Å². The zero-order valence-electron chi connectivity index (χ0n) is 11.9. The van der Waals surface area contributed by atoms with Crippen LogP contribution in [0.15, 0.2) is 24.3 Å². The van der Waals surface area contributed by atoms with Crippen molar-refractivity contribution in [3.8, 4) is 0 Å². The highest BCUT2D eigenvalue weighted by Gasteiger charge is 2.28. The molecule has 1 aromatic rings. The number of anilines is 1. The monoisotopic (exact) mass is 277 g/mol. The van der Waals surface area contributed by atoms with E-state index < -0.39 is 0 Å². The fourth-order valence-corrected chi connectivity index (χ4v) is 2.35. The number of benzene rings is 1. The van der Waals surface area contributed by atoms with E-state index in [1.165, 1.54) is 0 Å². The Morgan fingerprint density at radius 3 is 2.85 bits per heavy atom. The molecule has 4 N–H and O–H groups in total. The van der Waals surface area contributed by atoms with E-state index in [-0.39, 0.29) is 24.7 Å². The van der Waals surface area contributed by atoms with Crippen molar-refractivity contribution >= 4 is 11.7 Å². The van der Waals surface area contributed by atoms with Crippen molar-refractivity contribution in [3.63, 3.8) is 0 Å². The second-order valence-electron chi connectivity index (χ2n) is 5.35. The molecule has 0 radical (unpaired) electrons. The van der Waals surface area contributed by atoms with Gasteiger partial charge in [-0.3, -0.25) is 0 Å². The maximum Gasteiger partial charge on any atom is 0.322 e. The molecule has 0 heterocycles. The average Bonchev–Trinajstić information content (AvgIpc) is 2.36. The molecule has 2 rings (SSSR count). The van der Waals surface area contributed by atoms with Gasteiger partial charge in [-0.25, -0.2) is 4.79 Å². The third-order valence-electron chi connectivity index (χ3n) is 3.78. The highest BCUT2D eigenvalue weighted by atomic mass is 16.3. The van der Waals surface area contributed by atoms with E-state index in [9.17, 15) is 4.79 Å². The van der Waals surface area contributed by atoms with Gasteiger partial charge in [0.2, 0.25) is 0 Å².